The minimum absolute atomic E-state index is 0.0468. The van der Waals surface area contributed by atoms with E-state index in [9.17, 15) is 9.59 Å². The number of rotatable bonds is 8. The van der Waals surface area contributed by atoms with E-state index in [4.69, 9.17) is 9.47 Å². The molecule has 1 heterocycles. The van der Waals surface area contributed by atoms with Crippen molar-refractivity contribution in [3.63, 3.8) is 0 Å². The number of carbonyl (C=O) groups excluding carboxylic acids is 2. The number of amides is 2. The summed E-state index contributed by atoms with van der Waals surface area (Å²) in [5.41, 5.74) is 1.29. The number of carbonyl (C=O) groups is 2. The van der Waals surface area contributed by atoms with Gasteiger partial charge in [-0.05, 0) is 55.5 Å². The molecule has 2 aromatic rings. The summed E-state index contributed by atoms with van der Waals surface area (Å²) in [6.45, 7) is 6.81. The number of hydrogen-bond donors (Lipinski definition) is 1. The first-order chi connectivity index (χ1) is 14.6. The molecule has 0 aliphatic carbocycles. The smallest absolute Gasteiger partial charge is 0.253 e. The molecule has 1 aliphatic rings. The standard InChI is InChI=1S/C23H29N3O4/c1-3-30-21-10-6-19(7-11-21)23(28)26-16-14-25(15-17-26)13-12-24-22(27)18-4-8-20(29-2)9-5-18/h4-11H,3,12-17H2,1-2H3,(H,24,27). The van der Waals surface area contributed by atoms with Crippen molar-refractivity contribution in [2.45, 2.75) is 6.92 Å². The molecule has 0 atom stereocenters. The van der Waals surface area contributed by atoms with Crippen molar-refractivity contribution < 1.29 is 19.1 Å². The van der Waals surface area contributed by atoms with Gasteiger partial charge in [0.25, 0.3) is 11.8 Å². The van der Waals surface area contributed by atoms with Gasteiger partial charge in [0.05, 0.1) is 13.7 Å². The molecule has 1 aliphatic heterocycles. The second-order valence-corrected chi connectivity index (χ2v) is 7.08. The molecule has 3 rings (SSSR count). The van der Waals surface area contributed by atoms with E-state index in [-0.39, 0.29) is 11.8 Å². The van der Waals surface area contributed by atoms with E-state index >= 15 is 0 Å². The molecule has 0 radical (unpaired) electrons. The minimum Gasteiger partial charge on any atom is -0.497 e. The van der Waals surface area contributed by atoms with Gasteiger partial charge in [-0.25, -0.2) is 0 Å². The van der Waals surface area contributed by atoms with E-state index < -0.39 is 0 Å². The molecule has 160 valence electrons. The van der Waals surface area contributed by atoms with Crippen LogP contribution in [0.2, 0.25) is 0 Å². The monoisotopic (exact) mass is 411 g/mol. The van der Waals surface area contributed by atoms with Crippen LogP contribution in [0, 0.1) is 0 Å². The first-order valence-electron chi connectivity index (χ1n) is 10.3. The molecule has 7 heteroatoms. The minimum atomic E-state index is -0.0954. The summed E-state index contributed by atoms with van der Waals surface area (Å²) in [7, 11) is 1.60. The fraction of sp³-hybridized carbons (Fsp3) is 0.391. The van der Waals surface area contributed by atoms with Crippen molar-refractivity contribution in [1.82, 2.24) is 15.1 Å². The number of hydrogen-bond acceptors (Lipinski definition) is 5. The number of nitrogens with zero attached hydrogens (tertiary/aromatic N) is 2. The average Bonchev–Trinajstić information content (AvgIpc) is 2.80. The molecule has 0 bridgehead atoms. The highest BCUT2D eigenvalue weighted by Gasteiger charge is 2.22. The number of ether oxygens (including phenoxy) is 2. The second kappa shape index (κ2) is 10.6. The Hall–Kier alpha value is -3.06. The molecule has 7 nitrogen and oxygen atoms in total. The van der Waals surface area contributed by atoms with Gasteiger partial charge in [0, 0.05) is 50.4 Å². The number of piperazine rings is 1. The number of nitrogens with one attached hydrogen (secondary N) is 1. The Morgan fingerprint density at radius 3 is 2.10 bits per heavy atom. The van der Waals surface area contributed by atoms with Crippen molar-refractivity contribution in [2.75, 3.05) is 53.0 Å². The Labute approximate surface area is 177 Å². The van der Waals surface area contributed by atoms with Crippen LogP contribution in [0.3, 0.4) is 0 Å². The Morgan fingerprint density at radius 2 is 1.50 bits per heavy atom. The lowest BCUT2D eigenvalue weighted by Crippen LogP contribution is -2.50. The lowest BCUT2D eigenvalue weighted by molar-refractivity contribution is 0.0638. The van der Waals surface area contributed by atoms with E-state index in [2.05, 4.69) is 10.2 Å². The summed E-state index contributed by atoms with van der Waals surface area (Å²) in [4.78, 5) is 29.0. The van der Waals surface area contributed by atoms with E-state index in [1.54, 1.807) is 31.4 Å². The summed E-state index contributed by atoms with van der Waals surface area (Å²) in [6.07, 6.45) is 0. The summed E-state index contributed by atoms with van der Waals surface area (Å²) in [5, 5.41) is 2.95. The molecule has 2 amide bonds. The van der Waals surface area contributed by atoms with Crippen molar-refractivity contribution >= 4 is 11.8 Å². The van der Waals surface area contributed by atoms with Gasteiger partial charge in [0.15, 0.2) is 0 Å². The van der Waals surface area contributed by atoms with Gasteiger partial charge < -0.3 is 19.7 Å². The summed E-state index contributed by atoms with van der Waals surface area (Å²) in [6, 6.07) is 14.3. The van der Waals surface area contributed by atoms with Crippen LogP contribution >= 0.6 is 0 Å². The van der Waals surface area contributed by atoms with E-state index in [0.29, 0.717) is 37.4 Å². The molecule has 30 heavy (non-hydrogen) atoms. The molecule has 0 saturated carbocycles. The van der Waals surface area contributed by atoms with Crippen LogP contribution in [-0.4, -0.2) is 74.6 Å². The zero-order valence-electron chi connectivity index (χ0n) is 17.6. The van der Waals surface area contributed by atoms with Gasteiger partial charge in [-0.2, -0.15) is 0 Å². The summed E-state index contributed by atoms with van der Waals surface area (Å²) in [5.74, 6) is 1.45. The molecule has 1 saturated heterocycles. The normalized spacial score (nSPS) is 14.3. The van der Waals surface area contributed by atoms with Crippen LogP contribution in [0.5, 0.6) is 11.5 Å². The third-order valence-corrected chi connectivity index (χ3v) is 5.14. The molecular weight excluding hydrogens is 382 g/mol. The maximum Gasteiger partial charge on any atom is 0.253 e. The van der Waals surface area contributed by atoms with Gasteiger partial charge in [-0.15, -0.1) is 0 Å². The lowest BCUT2D eigenvalue weighted by Gasteiger charge is -2.34. The molecule has 0 aromatic heterocycles. The average molecular weight is 412 g/mol. The topological polar surface area (TPSA) is 71.1 Å². The van der Waals surface area contributed by atoms with Crippen molar-refractivity contribution in [3.8, 4) is 11.5 Å². The van der Waals surface area contributed by atoms with Crippen molar-refractivity contribution in [3.05, 3.63) is 59.7 Å². The third kappa shape index (κ3) is 5.73. The lowest BCUT2D eigenvalue weighted by atomic mass is 10.1. The predicted molar refractivity (Wildman–Crippen MR) is 115 cm³/mol. The molecule has 1 N–H and O–H groups in total. The Bertz CT molecular complexity index is 829. The molecule has 0 spiro atoms. The van der Waals surface area contributed by atoms with E-state index in [1.807, 2.05) is 36.1 Å². The Kier molecular flexibility index (Phi) is 7.68. The SMILES string of the molecule is CCOc1ccc(C(=O)N2CCN(CCNC(=O)c3ccc(OC)cc3)CC2)cc1. The molecule has 2 aromatic carbocycles. The van der Waals surface area contributed by atoms with Gasteiger partial charge in [0.2, 0.25) is 0 Å². The van der Waals surface area contributed by atoms with Crippen LogP contribution in [0.1, 0.15) is 27.6 Å². The first kappa shape index (κ1) is 21.6. The highest BCUT2D eigenvalue weighted by atomic mass is 16.5. The Balaban J connectivity index is 1.39. The fourth-order valence-electron chi connectivity index (χ4n) is 3.39. The maximum atomic E-state index is 12.7. The molecule has 1 fully saturated rings. The summed E-state index contributed by atoms with van der Waals surface area (Å²) < 4.78 is 10.5. The fourth-order valence-corrected chi connectivity index (χ4v) is 3.39. The van der Waals surface area contributed by atoms with Crippen molar-refractivity contribution in [1.29, 1.82) is 0 Å². The third-order valence-electron chi connectivity index (χ3n) is 5.14. The second-order valence-electron chi connectivity index (χ2n) is 7.08. The molecule has 0 unspecified atom stereocenters. The maximum absolute atomic E-state index is 12.7. The zero-order chi connectivity index (χ0) is 21.3. The van der Waals surface area contributed by atoms with Crippen molar-refractivity contribution in [2.24, 2.45) is 0 Å². The van der Waals surface area contributed by atoms with E-state index in [1.165, 1.54) is 0 Å². The van der Waals surface area contributed by atoms with E-state index in [0.717, 1.165) is 31.1 Å². The predicted octanol–water partition coefficient (Wildman–Crippen LogP) is 2.28. The van der Waals surface area contributed by atoms with Crippen LogP contribution in [0.15, 0.2) is 48.5 Å². The zero-order valence-corrected chi connectivity index (χ0v) is 17.6. The first-order valence-corrected chi connectivity index (χ1v) is 10.3. The highest BCUT2D eigenvalue weighted by Crippen LogP contribution is 2.15. The van der Waals surface area contributed by atoms with Crippen LogP contribution in [0.25, 0.3) is 0 Å². The van der Waals surface area contributed by atoms with Gasteiger partial charge in [-0.3, -0.25) is 14.5 Å². The number of benzene rings is 2. The van der Waals surface area contributed by atoms with Gasteiger partial charge >= 0.3 is 0 Å². The van der Waals surface area contributed by atoms with Gasteiger partial charge in [-0.1, -0.05) is 0 Å². The number of methoxy groups -OCH3 is 1. The molecular formula is C23H29N3O4. The van der Waals surface area contributed by atoms with Crippen LogP contribution < -0.4 is 14.8 Å². The summed E-state index contributed by atoms with van der Waals surface area (Å²) >= 11 is 0. The quantitative estimate of drug-likeness (QED) is 0.722. The Morgan fingerprint density at radius 1 is 0.900 bits per heavy atom. The van der Waals surface area contributed by atoms with Crippen LogP contribution in [0.4, 0.5) is 0 Å². The van der Waals surface area contributed by atoms with Crippen LogP contribution in [-0.2, 0) is 0 Å². The highest BCUT2D eigenvalue weighted by molar-refractivity contribution is 5.94. The van der Waals surface area contributed by atoms with Gasteiger partial charge in [0.1, 0.15) is 11.5 Å². The largest absolute Gasteiger partial charge is 0.497 e.